The molecule has 0 spiro atoms. The molecule has 0 saturated heterocycles. The number of allylic oxidation sites excluding steroid dienone is 3. The Bertz CT molecular complexity index is 1070. The molecular weight excluding hydrogens is 429 g/mol. The Hall–Kier alpha value is -2.77. The highest BCUT2D eigenvalue weighted by Gasteiger charge is 2.42. The van der Waals surface area contributed by atoms with Crippen LogP contribution in [0.4, 0.5) is 4.39 Å². The number of ketones is 1. The minimum Gasteiger partial charge on any atom is -0.460 e. The second kappa shape index (κ2) is 9.79. The number of hydrogen-bond donors (Lipinski definition) is 1. The molecule has 7 heteroatoms. The molecule has 2 atom stereocenters. The lowest BCUT2D eigenvalue weighted by Gasteiger charge is -2.36. The van der Waals surface area contributed by atoms with E-state index >= 15 is 0 Å². The van der Waals surface area contributed by atoms with Crippen molar-refractivity contribution >= 4 is 23.1 Å². The molecule has 2 heterocycles. The van der Waals surface area contributed by atoms with E-state index in [9.17, 15) is 14.0 Å². The summed E-state index contributed by atoms with van der Waals surface area (Å²) in [6.45, 7) is 4.53. The largest absolute Gasteiger partial charge is 0.460 e. The molecule has 1 aromatic carbocycles. The van der Waals surface area contributed by atoms with Crippen LogP contribution in [0, 0.1) is 5.82 Å². The Labute approximate surface area is 190 Å². The number of thiophene rings is 1. The summed E-state index contributed by atoms with van der Waals surface area (Å²) in [4.78, 5) is 27.6. The van der Waals surface area contributed by atoms with Crippen LogP contribution in [-0.2, 0) is 19.1 Å². The van der Waals surface area contributed by atoms with Gasteiger partial charge in [-0.2, -0.15) is 0 Å². The normalized spacial score (nSPS) is 20.8. The molecule has 32 heavy (non-hydrogen) atoms. The maximum atomic E-state index is 14.9. The van der Waals surface area contributed by atoms with Gasteiger partial charge in [-0.3, -0.25) is 4.79 Å². The van der Waals surface area contributed by atoms with Crippen molar-refractivity contribution in [1.29, 1.82) is 0 Å². The van der Waals surface area contributed by atoms with Crippen molar-refractivity contribution in [3.8, 4) is 0 Å². The number of carbonyl (C=O) groups excluding carboxylic acids is 2. The van der Waals surface area contributed by atoms with E-state index in [-0.39, 0.29) is 30.5 Å². The quantitative estimate of drug-likeness (QED) is 0.479. The maximum Gasteiger partial charge on any atom is 0.336 e. The topological polar surface area (TPSA) is 64.6 Å². The summed E-state index contributed by atoms with van der Waals surface area (Å²) in [6.07, 6.45) is 0.967. The summed E-state index contributed by atoms with van der Waals surface area (Å²) in [6, 6.07) is 10.3. The molecule has 0 unspecified atom stereocenters. The second-order valence-corrected chi connectivity index (χ2v) is 8.87. The van der Waals surface area contributed by atoms with Crippen molar-refractivity contribution in [2.45, 2.75) is 38.5 Å². The van der Waals surface area contributed by atoms with Gasteiger partial charge in [0.2, 0.25) is 0 Å². The van der Waals surface area contributed by atoms with Gasteiger partial charge in [-0.1, -0.05) is 24.3 Å². The zero-order chi connectivity index (χ0) is 22.7. The number of esters is 1. The van der Waals surface area contributed by atoms with E-state index in [1.807, 2.05) is 24.4 Å². The fourth-order valence-electron chi connectivity index (χ4n) is 4.47. The molecule has 5 nitrogen and oxygen atoms in total. The Morgan fingerprint density at radius 3 is 2.72 bits per heavy atom. The first-order chi connectivity index (χ1) is 15.5. The molecule has 0 amide bonds. The van der Waals surface area contributed by atoms with Gasteiger partial charge in [0, 0.05) is 46.4 Å². The van der Waals surface area contributed by atoms with Gasteiger partial charge in [0.25, 0.3) is 0 Å². The molecule has 0 bridgehead atoms. The monoisotopic (exact) mass is 455 g/mol. The number of benzene rings is 1. The van der Waals surface area contributed by atoms with E-state index in [4.69, 9.17) is 9.47 Å². The Morgan fingerprint density at radius 2 is 2.00 bits per heavy atom. The number of Topliss-reactive ketones (excluding diaryl/α,β-unsaturated/α-hetero) is 1. The highest BCUT2D eigenvalue weighted by atomic mass is 32.1. The summed E-state index contributed by atoms with van der Waals surface area (Å²) in [7, 11) is 0. The fraction of sp³-hybridized carbons (Fsp3) is 0.360. The van der Waals surface area contributed by atoms with Crippen molar-refractivity contribution in [3.63, 3.8) is 0 Å². The molecular formula is C25H26FNO4S. The minimum atomic E-state index is -0.802. The molecule has 1 N–H and O–H groups in total. The lowest BCUT2D eigenvalue weighted by molar-refractivity contribution is -0.140. The summed E-state index contributed by atoms with van der Waals surface area (Å²) in [5.41, 5.74) is 2.38. The van der Waals surface area contributed by atoms with Gasteiger partial charge in [0.15, 0.2) is 5.78 Å². The molecule has 1 aliphatic carbocycles. The predicted octanol–water partition coefficient (Wildman–Crippen LogP) is 4.83. The number of rotatable bonds is 7. The molecule has 1 aromatic heterocycles. The third-order valence-corrected chi connectivity index (χ3v) is 6.91. The summed E-state index contributed by atoms with van der Waals surface area (Å²) < 4.78 is 25.6. The number of dihydropyridines is 1. The zero-order valence-electron chi connectivity index (χ0n) is 18.2. The van der Waals surface area contributed by atoms with E-state index in [1.165, 1.54) is 6.07 Å². The van der Waals surface area contributed by atoms with Gasteiger partial charge in [-0.05, 0) is 37.8 Å². The van der Waals surface area contributed by atoms with Crippen LogP contribution in [0.3, 0.4) is 0 Å². The zero-order valence-corrected chi connectivity index (χ0v) is 19.0. The van der Waals surface area contributed by atoms with Gasteiger partial charge < -0.3 is 14.8 Å². The molecule has 2 aromatic rings. The summed E-state index contributed by atoms with van der Waals surface area (Å²) in [5, 5.41) is 5.28. The summed E-state index contributed by atoms with van der Waals surface area (Å²) >= 11 is 1.63. The van der Waals surface area contributed by atoms with Crippen LogP contribution < -0.4 is 5.32 Å². The van der Waals surface area contributed by atoms with Crippen molar-refractivity contribution < 1.29 is 23.5 Å². The van der Waals surface area contributed by atoms with Crippen LogP contribution in [-0.4, -0.2) is 31.6 Å². The number of halogens is 1. The third-order valence-electron chi connectivity index (χ3n) is 5.87. The molecule has 168 valence electrons. The van der Waals surface area contributed by atoms with E-state index < -0.39 is 17.7 Å². The van der Waals surface area contributed by atoms with Gasteiger partial charge >= 0.3 is 5.97 Å². The maximum absolute atomic E-state index is 14.9. The lowest BCUT2D eigenvalue weighted by Crippen LogP contribution is -2.36. The first-order valence-corrected chi connectivity index (χ1v) is 11.7. The van der Waals surface area contributed by atoms with Gasteiger partial charge in [0.1, 0.15) is 12.4 Å². The predicted molar refractivity (Wildman–Crippen MR) is 121 cm³/mol. The Balaban J connectivity index is 1.73. The average molecular weight is 456 g/mol. The highest BCUT2D eigenvalue weighted by Crippen LogP contribution is 2.46. The van der Waals surface area contributed by atoms with Gasteiger partial charge in [0.05, 0.1) is 18.1 Å². The molecule has 0 saturated carbocycles. The minimum absolute atomic E-state index is 0.0717. The Morgan fingerprint density at radius 1 is 1.19 bits per heavy atom. The van der Waals surface area contributed by atoms with Crippen LogP contribution >= 0.6 is 11.3 Å². The van der Waals surface area contributed by atoms with Crippen molar-refractivity contribution in [3.05, 3.63) is 80.6 Å². The first-order valence-electron chi connectivity index (χ1n) is 10.8. The number of ether oxygens (including phenoxy) is 2. The lowest BCUT2D eigenvalue weighted by atomic mass is 9.72. The molecule has 1 aliphatic heterocycles. The SMILES string of the molecule is CCOCCOC(=O)C1=C(C)NC2=C(C(=O)C[C@@H](c3cccs3)C2)[C@H]1c1ccccc1F. The molecule has 0 radical (unpaired) electrons. The molecule has 4 rings (SSSR count). The first kappa shape index (κ1) is 22.4. The summed E-state index contributed by atoms with van der Waals surface area (Å²) in [5.74, 6) is -1.82. The highest BCUT2D eigenvalue weighted by molar-refractivity contribution is 7.10. The van der Waals surface area contributed by atoms with Crippen LogP contribution in [0.5, 0.6) is 0 Å². The third kappa shape index (κ3) is 4.40. The fourth-order valence-corrected chi connectivity index (χ4v) is 5.30. The standard InChI is InChI=1S/C25H26FNO4S/c1-3-30-10-11-31-25(29)22-15(2)27-19-13-16(21-9-6-12-32-21)14-20(28)24(19)23(22)17-7-4-5-8-18(17)26/h4-9,12,16,23,27H,3,10-11,13-14H2,1-2H3/t16-,23-/m0/s1. The van der Waals surface area contributed by atoms with Crippen molar-refractivity contribution in [1.82, 2.24) is 5.32 Å². The molecule has 0 fully saturated rings. The second-order valence-electron chi connectivity index (χ2n) is 7.89. The van der Waals surface area contributed by atoms with E-state index in [0.29, 0.717) is 36.3 Å². The van der Waals surface area contributed by atoms with E-state index in [2.05, 4.69) is 5.32 Å². The smallest absolute Gasteiger partial charge is 0.336 e. The number of hydrogen-bond acceptors (Lipinski definition) is 6. The van der Waals surface area contributed by atoms with E-state index in [0.717, 1.165) is 10.6 Å². The van der Waals surface area contributed by atoms with Crippen molar-refractivity contribution in [2.24, 2.45) is 0 Å². The van der Waals surface area contributed by atoms with Crippen molar-refractivity contribution in [2.75, 3.05) is 19.8 Å². The van der Waals surface area contributed by atoms with Crippen LogP contribution in [0.1, 0.15) is 49.0 Å². The van der Waals surface area contributed by atoms with Gasteiger partial charge in [-0.15, -0.1) is 11.3 Å². The number of nitrogens with one attached hydrogen (secondary N) is 1. The Kier molecular flexibility index (Phi) is 6.86. The molecule has 2 aliphatic rings. The number of carbonyl (C=O) groups is 2. The van der Waals surface area contributed by atoms with E-state index in [1.54, 1.807) is 36.5 Å². The van der Waals surface area contributed by atoms with Gasteiger partial charge in [-0.25, -0.2) is 9.18 Å². The average Bonchev–Trinajstić information content (AvgIpc) is 3.31. The van der Waals surface area contributed by atoms with Crippen LogP contribution in [0.15, 0.2) is 64.3 Å². The van der Waals surface area contributed by atoms with Crippen LogP contribution in [0.25, 0.3) is 0 Å². The van der Waals surface area contributed by atoms with Crippen LogP contribution in [0.2, 0.25) is 0 Å².